The predicted molar refractivity (Wildman–Crippen MR) is 100 cm³/mol. The lowest BCUT2D eigenvalue weighted by molar-refractivity contribution is 0.666. The van der Waals surface area contributed by atoms with Crippen molar-refractivity contribution in [2.75, 3.05) is 7.05 Å². The molecule has 6 heteroatoms. The van der Waals surface area contributed by atoms with Gasteiger partial charge in [0.05, 0.1) is 11.2 Å². The SMILES string of the molecule is CNCc1ccc(-c2ncc3oc4ccc(Br)cc4c3n2)c(Cl)c1. The third-order valence-electron chi connectivity index (χ3n) is 3.83. The molecule has 0 unspecified atom stereocenters. The van der Waals surface area contributed by atoms with Gasteiger partial charge in [0.1, 0.15) is 11.1 Å². The van der Waals surface area contributed by atoms with Crippen LogP contribution in [-0.2, 0) is 6.54 Å². The van der Waals surface area contributed by atoms with Gasteiger partial charge < -0.3 is 9.73 Å². The number of nitrogens with zero attached hydrogens (tertiary/aromatic N) is 2. The second-order valence-electron chi connectivity index (χ2n) is 5.49. The van der Waals surface area contributed by atoms with Crippen LogP contribution in [0.15, 0.2) is 51.5 Å². The van der Waals surface area contributed by atoms with Crippen LogP contribution in [0, 0.1) is 0 Å². The van der Waals surface area contributed by atoms with E-state index in [1.165, 1.54) is 0 Å². The van der Waals surface area contributed by atoms with Crippen molar-refractivity contribution in [3.8, 4) is 11.4 Å². The second kappa shape index (κ2) is 6.16. The number of furan rings is 1. The van der Waals surface area contributed by atoms with E-state index >= 15 is 0 Å². The van der Waals surface area contributed by atoms with Gasteiger partial charge in [0.15, 0.2) is 11.4 Å². The first-order valence-corrected chi connectivity index (χ1v) is 8.61. The zero-order chi connectivity index (χ0) is 16.7. The van der Waals surface area contributed by atoms with Crippen LogP contribution in [0.25, 0.3) is 33.5 Å². The number of nitrogens with one attached hydrogen (secondary N) is 1. The first-order valence-electron chi connectivity index (χ1n) is 7.44. The molecule has 120 valence electrons. The third kappa shape index (κ3) is 2.69. The number of hydrogen-bond donors (Lipinski definition) is 1. The molecule has 0 aliphatic carbocycles. The summed E-state index contributed by atoms with van der Waals surface area (Å²) in [5, 5.41) is 4.70. The Morgan fingerprint density at radius 1 is 1.17 bits per heavy atom. The van der Waals surface area contributed by atoms with Crippen LogP contribution < -0.4 is 5.32 Å². The zero-order valence-electron chi connectivity index (χ0n) is 12.8. The molecule has 0 fully saturated rings. The number of hydrogen-bond acceptors (Lipinski definition) is 4. The number of halogens is 2. The molecule has 4 rings (SSSR count). The molecule has 24 heavy (non-hydrogen) atoms. The lowest BCUT2D eigenvalue weighted by Crippen LogP contribution is -2.04. The molecule has 0 spiro atoms. The minimum Gasteiger partial charge on any atom is -0.453 e. The lowest BCUT2D eigenvalue weighted by Gasteiger charge is -2.06. The van der Waals surface area contributed by atoms with Crippen molar-refractivity contribution in [1.82, 2.24) is 15.3 Å². The van der Waals surface area contributed by atoms with E-state index in [0.29, 0.717) is 16.4 Å². The quantitative estimate of drug-likeness (QED) is 0.513. The highest BCUT2D eigenvalue weighted by atomic mass is 79.9. The maximum atomic E-state index is 6.43. The fourth-order valence-corrected chi connectivity index (χ4v) is 3.37. The smallest absolute Gasteiger partial charge is 0.172 e. The molecular weight excluding hydrogens is 390 g/mol. The van der Waals surface area contributed by atoms with Gasteiger partial charge in [-0.05, 0) is 42.9 Å². The molecule has 0 aliphatic rings. The maximum absolute atomic E-state index is 6.43. The first-order chi connectivity index (χ1) is 11.7. The van der Waals surface area contributed by atoms with E-state index in [1.54, 1.807) is 6.20 Å². The van der Waals surface area contributed by atoms with Gasteiger partial charge in [-0.2, -0.15) is 0 Å². The van der Waals surface area contributed by atoms with Gasteiger partial charge in [-0.15, -0.1) is 0 Å². The molecule has 0 saturated carbocycles. The summed E-state index contributed by atoms with van der Waals surface area (Å²) < 4.78 is 6.77. The highest BCUT2D eigenvalue weighted by molar-refractivity contribution is 9.10. The van der Waals surface area contributed by atoms with Crippen LogP contribution in [-0.4, -0.2) is 17.0 Å². The van der Waals surface area contributed by atoms with Gasteiger partial charge in [0.25, 0.3) is 0 Å². The Balaban J connectivity index is 1.88. The van der Waals surface area contributed by atoms with Gasteiger partial charge in [0.2, 0.25) is 0 Å². The minimum absolute atomic E-state index is 0.589. The van der Waals surface area contributed by atoms with Gasteiger partial charge in [-0.1, -0.05) is 33.6 Å². The van der Waals surface area contributed by atoms with E-state index in [2.05, 4.69) is 31.2 Å². The van der Waals surface area contributed by atoms with Crippen LogP contribution in [0.5, 0.6) is 0 Å². The first kappa shape index (κ1) is 15.6. The molecule has 0 amide bonds. The van der Waals surface area contributed by atoms with Crippen molar-refractivity contribution in [3.05, 3.63) is 57.7 Å². The number of fused-ring (bicyclic) bond motifs is 3. The summed E-state index contributed by atoms with van der Waals surface area (Å²) in [5.41, 5.74) is 4.16. The van der Waals surface area contributed by atoms with Gasteiger partial charge in [0, 0.05) is 22.0 Å². The highest BCUT2D eigenvalue weighted by Crippen LogP contribution is 2.32. The average Bonchev–Trinajstić information content (AvgIpc) is 2.92. The Bertz CT molecular complexity index is 1060. The Morgan fingerprint density at radius 2 is 2.04 bits per heavy atom. The van der Waals surface area contributed by atoms with Crippen molar-refractivity contribution in [1.29, 1.82) is 0 Å². The van der Waals surface area contributed by atoms with Crippen molar-refractivity contribution >= 4 is 49.6 Å². The molecule has 0 radical (unpaired) electrons. The fourth-order valence-electron chi connectivity index (χ4n) is 2.72. The Hall–Kier alpha value is -1.95. The van der Waals surface area contributed by atoms with E-state index in [9.17, 15) is 0 Å². The summed E-state index contributed by atoms with van der Waals surface area (Å²) in [7, 11) is 1.90. The molecular formula is C18H13BrClN3O. The molecule has 2 heterocycles. The zero-order valence-corrected chi connectivity index (χ0v) is 15.1. The van der Waals surface area contributed by atoms with Crippen molar-refractivity contribution < 1.29 is 4.42 Å². The Morgan fingerprint density at radius 3 is 2.83 bits per heavy atom. The molecule has 4 nitrogen and oxygen atoms in total. The summed E-state index contributed by atoms with van der Waals surface area (Å²) in [6.07, 6.45) is 1.70. The molecule has 0 saturated heterocycles. The van der Waals surface area contributed by atoms with E-state index in [-0.39, 0.29) is 0 Å². The van der Waals surface area contributed by atoms with E-state index in [1.807, 2.05) is 43.4 Å². The van der Waals surface area contributed by atoms with Crippen molar-refractivity contribution in [2.24, 2.45) is 0 Å². The summed E-state index contributed by atoms with van der Waals surface area (Å²) in [4.78, 5) is 9.10. The van der Waals surface area contributed by atoms with Crippen LogP contribution in [0.1, 0.15) is 5.56 Å². The Labute approximate surface area is 152 Å². The third-order valence-corrected chi connectivity index (χ3v) is 4.63. The summed E-state index contributed by atoms with van der Waals surface area (Å²) >= 11 is 9.92. The number of benzene rings is 2. The topological polar surface area (TPSA) is 51.0 Å². The van der Waals surface area contributed by atoms with Gasteiger partial charge >= 0.3 is 0 Å². The molecule has 0 bridgehead atoms. The van der Waals surface area contributed by atoms with Crippen molar-refractivity contribution in [3.63, 3.8) is 0 Å². The number of rotatable bonds is 3. The summed E-state index contributed by atoms with van der Waals surface area (Å²) in [6, 6.07) is 11.8. The van der Waals surface area contributed by atoms with Gasteiger partial charge in [-0.3, -0.25) is 0 Å². The Kier molecular flexibility index (Phi) is 4.00. The van der Waals surface area contributed by atoms with Gasteiger partial charge in [-0.25, -0.2) is 9.97 Å². The molecule has 0 atom stereocenters. The minimum atomic E-state index is 0.589. The summed E-state index contributed by atoms with van der Waals surface area (Å²) in [6.45, 7) is 0.764. The average molecular weight is 403 g/mol. The van der Waals surface area contributed by atoms with Crippen LogP contribution in [0.3, 0.4) is 0 Å². The van der Waals surface area contributed by atoms with Crippen LogP contribution in [0.2, 0.25) is 5.02 Å². The van der Waals surface area contributed by atoms with E-state index in [4.69, 9.17) is 16.0 Å². The number of aromatic nitrogens is 2. The van der Waals surface area contributed by atoms with Crippen LogP contribution >= 0.6 is 27.5 Å². The molecule has 0 aliphatic heterocycles. The largest absolute Gasteiger partial charge is 0.453 e. The standard InChI is InChI=1S/C18H13BrClN3O/c1-21-8-10-2-4-12(14(20)6-10)18-22-9-16-17(23-18)13-7-11(19)3-5-15(13)24-16/h2-7,9,21H,8H2,1H3. The van der Waals surface area contributed by atoms with E-state index < -0.39 is 0 Å². The van der Waals surface area contributed by atoms with E-state index in [0.717, 1.165) is 38.6 Å². The lowest BCUT2D eigenvalue weighted by atomic mass is 10.1. The fraction of sp³-hybridized carbons (Fsp3) is 0.111. The molecule has 2 aromatic carbocycles. The summed E-state index contributed by atoms with van der Waals surface area (Å²) in [5.74, 6) is 0.589. The monoisotopic (exact) mass is 401 g/mol. The predicted octanol–water partition coefficient (Wildman–Crippen LogP) is 5.18. The second-order valence-corrected chi connectivity index (χ2v) is 6.82. The van der Waals surface area contributed by atoms with Crippen molar-refractivity contribution in [2.45, 2.75) is 6.54 Å². The molecule has 1 N–H and O–H groups in total. The molecule has 4 aromatic rings. The molecule has 2 aromatic heterocycles. The maximum Gasteiger partial charge on any atom is 0.172 e. The highest BCUT2D eigenvalue weighted by Gasteiger charge is 2.13. The van der Waals surface area contributed by atoms with Crippen LogP contribution in [0.4, 0.5) is 0 Å². The normalized spacial score (nSPS) is 11.5.